The standard InChI is InChI=1S/C20H23N3O5/c1-11-21-16(10-27-11)19(25)22-14-8-18-15(7-17(14)26-2)23-20(28-18)13-5-3-12(9-24)4-6-13/h7-8,10,12-13,24H,3-6,9H2,1-2H3,(H,22,25)/t12-,13-. The van der Waals surface area contributed by atoms with Crippen LogP contribution in [0.25, 0.3) is 11.1 Å². The van der Waals surface area contributed by atoms with Crippen LogP contribution in [0.15, 0.2) is 27.2 Å². The minimum Gasteiger partial charge on any atom is -0.494 e. The normalized spacial score (nSPS) is 19.7. The van der Waals surface area contributed by atoms with E-state index in [9.17, 15) is 9.90 Å². The zero-order chi connectivity index (χ0) is 19.7. The van der Waals surface area contributed by atoms with Crippen LogP contribution >= 0.6 is 0 Å². The number of rotatable bonds is 5. The molecule has 0 saturated heterocycles. The van der Waals surface area contributed by atoms with Gasteiger partial charge in [0.2, 0.25) is 0 Å². The molecular weight excluding hydrogens is 362 g/mol. The van der Waals surface area contributed by atoms with E-state index in [1.807, 2.05) is 0 Å². The third-order valence-corrected chi connectivity index (χ3v) is 5.28. The van der Waals surface area contributed by atoms with E-state index in [-0.39, 0.29) is 18.2 Å². The van der Waals surface area contributed by atoms with Gasteiger partial charge >= 0.3 is 0 Å². The Balaban J connectivity index is 1.58. The highest BCUT2D eigenvalue weighted by molar-refractivity contribution is 6.04. The quantitative estimate of drug-likeness (QED) is 0.689. The summed E-state index contributed by atoms with van der Waals surface area (Å²) in [6.07, 6.45) is 5.16. The SMILES string of the molecule is COc1cc2nc([C@H]3CC[C@H](CO)CC3)oc2cc1NC(=O)c1coc(C)n1. The Morgan fingerprint density at radius 3 is 2.71 bits per heavy atom. The number of oxazole rings is 2. The van der Waals surface area contributed by atoms with E-state index in [0.717, 1.165) is 25.7 Å². The topological polar surface area (TPSA) is 111 Å². The maximum absolute atomic E-state index is 12.4. The predicted octanol–water partition coefficient (Wildman–Crippen LogP) is 3.65. The largest absolute Gasteiger partial charge is 0.494 e. The lowest BCUT2D eigenvalue weighted by molar-refractivity contribution is 0.102. The van der Waals surface area contributed by atoms with Crippen LogP contribution in [0.5, 0.6) is 5.75 Å². The summed E-state index contributed by atoms with van der Waals surface area (Å²) in [5.74, 6) is 1.84. The molecule has 0 radical (unpaired) electrons. The highest BCUT2D eigenvalue weighted by Crippen LogP contribution is 2.38. The molecule has 0 atom stereocenters. The van der Waals surface area contributed by atoms with Crippen molar-refractivity contribution >= 4 is 22.7 Å². The first-order chi connectivity index (χ1) is 13.6. The Labute approximate surface area is 161 Å². The molecule has 1 saturated carbocycles. The molecule has 3 aromatic rings. The lowest BCUT2D eigenvalue weighted by Crippen LogP contribution is -2.16. The van der Waals surface area contributed by atoms with Gasteiger partial charge in [-0.15, -0.1) is 0 Å². The van der Waals surface area contributed by atoms with Crippen molar-refractivity contribution in [3.05, 3.63) is 35.9 Å². The van der Waals surface area contributed by atoms with Gasteiger partial charge in [0.15, 0.2) is 23.1 Å². The van der Waals surface area contributed by atoms with E-state index in [4.69, 9.17) is 13.6 Å². The molecule has 8 nitrogen and oxygen atoms in total. The number of anilines is 1. The van der Waals surface area contributed by atoms with E-state index in [1.54, 1.807) is 19.1 Å². The molecule has 1 amide bonds. The number of hydrogen-bond acceptors (Lipinski definition) is 7. The molecule has 28 heavy (non-hydrogen) atoms. The average molecular weight is 385 g/mol. The zero-order valence-electron chi connectivity index (χ0n) is 15.9. The van der Waals surface area contributed by atoms with Gasteiger partial charge in [-0.3, -0.25) is 4.79 Å². The minimum atomic E-state index is -0.392. The van der Waals surface area contributed by atoms with Gasteiger partial charge in [-0.1, -0.05) is 0 Å². The number of ether oxygens (including phenoxy) is 1. The summed E-state index contributed by atoms with van der Waals surface area (Å²) >= 11 is 0. The van der Waals surface area contributed by atoms with E-state index in [1.165, 1.54) is 13.4 Å². The summed E-state index contributed by atoms with van der Waals surface area (Å²) in [4.78, 5) is 21.0. The van der Waals surface area contributed by atoms with Crippen LogP contribution in [0.4, 0.5) is 5.69 Å². The number of aromatic nitrogens is 2. The van der Waals surface area contributed by atoms with Crippen LogP contribution in [0.3, 0.4) is 0 Å². The Morgan fingerprint density at radius 1 is 1.29 bits per heavy atom. The van der Waals surface area contributed by atoms with Gasteiger partial charge < -0.3 is 24.0 Å². The number of hydrogen-bond donors (Lipinski definition) is 2. The average Bonchev–Trinajstić information content (AvgIpc) is 3.33. The molecule has 2 heterocycles. The van der Waals surface area contributed by atoms with Gasteiger partial charge in [0.1, 0.15) is 17.5 Å². The number of benzene rings is 1. The van der Waals surface area contributed by atoms with Crippen LogP contribution in [-0.2, 0) is 0 Å². The van der Waals surface area contributed by atoms with Crippen molar-refractivity contribution in [2.75, 3.05) is 19.0 Å². The van der Waals surface area contributed by atoms with Gasteiger partial charge in [-0.05, 0) is 31.6 Å². The van der Waals surface area contributed by atoms with Crippen molar-refractivity contribution in [2.24, 2.45) is 5.92 Å². The van der Waals surface area contributed by atoms with Crippen LogP contribution in [0.2, 0.25) is 0 Å². The lowest BCUT2D eigenvalue weighted by Gasteiger charge is -2.24. The van der Waals surface area contributed by atoms with Crippen molar-refractivity contribution in [1.82, 2.24) is 9.97 Å². The van der Waals surface area contributed by atoms with Crippen LogP contribution in [-0.4, -0.2) is 34.7 Å². The summed E-state index contributed by atoms with van der Waals surface area (Å²) in [5.41, 5.74) is 1.95. The highest BCUT2D eigenvalue weighted by Gasteiger charge is 2.26. The second-order valence-electron chi connectivity index (χ2n) is 7.18. The van der Waals surface area contributed by atoms with Crippen molar-refractivity contribution in [1.29, 1.82) is 0 Å². The Hall–Kier alpha value is -2.87. The first-order valence-electron chi connectivity index (χ1n) is 9.40. The molecule has 0 bridgehead atoms. The fourth-order valence-electron chi connectivity index (χ4n) is 3.66. The number of nitrogens with zero attached hydrogens (tertiary/aromatic N) is 2. The van der Waals surface area contributed by atoms with Gasteiger partial charge in [0, 0.05) is 31.6 Å². The lowest BCUT2D eigenvalue weighted by atomic mass is 9.82. The van der Waals surface area contributed by atoms with Crippen molar-refractivity contribution in [2.45, 2.75) is 38.5 Å². The summed E-state index contributed by atoms with van der Waals surface area (Å²) in [7, 11) is 1.54. The molecule has 8 heteroatoms. The van der Waals surface area contributed by atoms with E-state index < -0.39 is 5.91 Å². The van der Waals surface area contributed by atoms with E-state index >= 15 is 0 Å². The Bertz CT molecular complexity index is 985. The molecular formula is C20H23N3O5. The third-order valence-electron chi connectivity index (χ3n) is 5.28. The van der Waals surface area contributed by atoms with Gasteiger partial charge in [-0.25, -0.2) is 9.97 Å². The third kappa shape index (κ3) is 3.60. The number of methoxy groups -OCH3 is 1. The second-order valence-corrected chi connectivity index (χ2v) is 7.18. The summed E-state index contributed by atoms with van der Waals surface area (Å²) in [6.45, 7) is 1.92. The molecule has 2 aromatic heterocycles. The Kier molecular flexibility index (Phi) is 5.04. The van der Waals surface area contributed by atoms with Crippen LogP contribution in [0, 0.1) is 12.8 Å². The molecule has 1 aliphatic rings. The molecule has 2 N–H and O–H groups in total. The molecule has 1 aliphatic carbocycles. The predicted molar refractivity (Wildman–Crippen MR) is 102 cm³/mol. The molecule has 1 fully saturated rings. The number of amides is 1. The van der Waals surface area contributed by atoms with Crippen molar-refractivity contribution in [3.8, 4) is 5.75 Å². The summed E-state index contributed by atoms with van der Waals surface area (Å²) in [6, 6.07) is 3.47. The molecule has 0 unspecified atom stereocenters. The summed E-state index contributed by atoms with van der Waals surface area (Å²) in [5, 5.41) is 12.1. The molecule has 0 spiro atoms. The van der Waals surface area contributed by atoms with Gasteiger partial charge in [-0.2, -0.15) is 0 Å². The monoisotopic (exact) mass is 385 g/mol. The minimum absolute atomic E-state index is 0.193. The smallest absolute Gasteiger partial charge is 0.277 e. The summed E-state index contributed by atoms with van der Waals surface area (Å²) < 4.78 is 16.5. The molecule has 0 aliphatic heterocycles. The van der Waals surface area contributed by atoms with Crippen molar-refractivity contribution < 1.29 is 23.5 Å². The number of aliphatic hydroxyl groups excluding tert-OH is 1. The number of fused-ring (bicyclic) bond motifs is 1. The van der Waals surface area contributed by atoms with Crippen LogP contribution in [0.1, 0.15) is 53.9 Å². The second kappa shape index (κ2) is 7.63. The molecule has 1 aromatic carbocycles. The van der Waals surface area contributed by atoms with E-state index in [0.29, 0.717) is 40.2 Å². The number of carbonyl (C=O) groups excluding carboxylic acids is 1. The highest BCUT2D eigenvalue weighted by atomic mass is 16.5. The van der Waals surface area contributed by atoms with Gasteiger partial charge in [0.25, 0.3) is 5.91 Å². The maximum atomic E-state index is 12.4. The number of carbonyl (C=O) groups is 1. The Morgan fingerprint density at radius 2 is 2.07 bits per heavy atom. The maximum Gasteiger partial charge on any atom is 0.277 e. The van der Waals surface area contributed by atoms with E-state index in [2.05, 4.69) is 15.3 Å². The first kappa shape index (κ1) is 18.5. The van der Waals surface area contributed by atoms with Gasteiger partial charge in [0.05, 0.1) is 12.8 Å². The molecule has 148 valence electrons. The molecule has 4 rings (SSSR count). The fraction of sp³-hybridized carbons (Fsp3) is 0.450. The van der Waals surface area contributed by atoms with Crippen LogP contribution < -0.4 is 10.1 Å². The number of aryl methyl sites for hydroxylation is 1. The number of aliphatic hydroxyl groups is 1. The zero-order valence-corrected chi connectivity index (χ0v) is 15.9. The first-order valence-corrected chi connectivity index (χ1v) is 9.40. The van der Waals surface area contributed by atoms with Crippen molar-refractivity contribution in [3.63, 3.8) is 0 Å². The fourth-order valence-corrected chi connectivity index (χ4v) is 3.66. The number of nitrogens with one attached hydrogen (secondary N) is 1.